The highest BCUT2D eigenvalue weighted by Crippen LogP contribution is 2.02. The van der Waals surface area contributed by atoms with E-state index in [1.807, 2.05) is 0 Å². The van der Waals surface area contributed by atoms with Gasteiger partial charge >= 0.3 is 5.97 Å². The van der Waals surface area contributed by atoms with E-state index in [9.17, 15) is 4.79 Å². The molecule has 13 heavy (non-hydrogen) atoms. The molecule has 0 bridgehead atoms. The van der Waals surface area contributed by atoms with Crippen molar-refractivity contribution in [3.05, 3.63) is 35.7 Å². The lowest BCUT2D eigenvalue weighted by Crippen LogP contribution is -2.11. The van der Waals surface area contributed by atoms with Crippen LogP contribution in [-0.2, 0) is 9.53 Å². The van der Waals surface area contributed by atoms with Gasteiger partial charge in [-0.3, -0.25) is 0 Å². The van der Waals surface area contributed by atoms with Crippen molar-refractivity contribution < 1.29 is 9.53 Å². The number of hydrogen-bond acceptors (Lipinski definition) is 4. The SMILES string of the molecule is C=C(/C=C(N)\C(N)=C/C)C(=O)OC. The number of allylic oxidation sites excluding steroid dienone is 1. The first-order chi connectivity index (χ1) is 6.02. The third-order valence-electron chi connectivity index (χ3n) is 1.42. The van der Waals surface area contributed by atoms with E-state index in [2.05, 4.69) is 11.3 Å². The van der Waals surface area contributed by atoms with Crippen LogP contribution in [0.2, 0.25) is 0 Å². The van der Waals surface area contributed by atoms with Gasteiger partial charge in [0.15, 0.2) is 0 Å². The molecule has 0 aromatic carbocycles. The van der Waals surface area contributed by atoms with Crippen molar-refractivity contribution in [3.8, 4) is 0 Å². The summed E-state index contributed by atoms with van der Waals surface area (Å²) in [6.45, 7) is 5.22. The second-order valence-corrected chi connectivity index (χ2v) is 2.36. The van der Waals surface area contributed by atoms with Gasteiger partial charge in [0.2, 0.25) is 0 Å². The van der Waals surface area contributed by atoms with Crippen LogP contribution in [-0.4, -0.2) is 13.1 Å². The van der Waals surface area contributed by atoms with Crippen molar-refractivity contribution in [2.75, 3.05) is 7.11 Å². The van der Waals surface area contributed by atoms with Crippen LogP contribution < -0.4 is 11.5 Å². The third kappa shape index (κ3) is 3.46. The molecule has 0 unspecified atom stereocenters. The van der Waals surface area contributed by atoms with Crippen molar-refractivity contribution >= 4 is 5.97 Å². The zero-order valence-electron chi connectivity index (χ0n) is 7.83. The van der Waals surface area contributed by atoms with E-state index in [-0.39, 0.29) is 5.57 Å². The van der Waals surface area contributed by atoms with Gasteiger partial charge in [0.05, 0.1) is 24.1 Å². The molecule has 0 fully saturated rings. The monoisotopic (exact) mass is 182 g/mol. The van der Waals surface area contributed by atoms with Gasteiger partial charge in [-0.05, 0) is 13.0 Å². The molecule has 0 aliphatic carbocycles. The molecular formula is C9H14N2O2. The van der Waals surface area contributed by atoms with Gasteiger partial charge in [0, 0.05) is 0 Å². The van der Waals surface area contributed by atoms with E-state index < -0.39 is 5.97 Å². The number of ether oxygens (including phenoxy) is 1. The minimum Gasteiger partial charge on any atom is -0.465 e. The first kappa shape index (κ1) is 11.3. The molecule has 0 saturated carbocycles. The molecule has 0 rings (SSSR count). The first-order valence-electron chi connectivity index (χ1n) is 3.69. The molecule has 72 valence electrons. The number of carbonyl (C=O) groups excluding carboxylic acids is 1. The zero-order valence-corrected chi connectivity index (χ0v) is 7.83. The Balaban J connectivity index is 4.58. The third-order valence-corrected chi connectivity index (χ3v) is 1.42. The highest BCUT2D eigenvalue weighted by atomic mass is 16.5. The van der Waals surface area contributed by atoms with Gasteiger partial charge in [-0.2, -0.15) is 0 Å². The molecule has 0 aromatic heterocycles. The Morgan fingerprint density at radius 2 is 1.92 bits per heavy atom. The predicted molar refractivity (Wildman–Crippen MR) is 51.4 cm³/mol. The molecule has 0 spiro atoms. The molecule has 0 saturated heterocycles. The molecule has 0 radical (unpaired) electrons. The summed E-state index contributed by atoms with van der Waals surface area (Å²) in [6, 6.07) is 0. The summed E-state index contributed by atoms with van der Waals surface area (Å²) in [4.78, 5) is 10.9. The second kappa shape index (κ2) is 5.03. The predicted octanol–water partition coefficient (Wildman–Crippen LogP) is 0.421. The van der Waals surface area contributed by atoms with Crippen molar-refractivity contribution in [2.24, 2.45) is 11.5 Å². The summed E-state index contributed by atoms with van der Waals surface area (Å²) in [6.07, 6.45) is 3.01. The summed E-state index contributed by atoms with van der Waals surface area (Å²) in [5, 5.41) is 0. The van der Waals surface area contributed by atoms with Crippen molar-refractivity contribution in [3.63, 3.8) is 0 Å². The van der Waals surface area contributed by atoms with Gasteiger partial charge in [-0.15, -0.1) is 0 Å². The van der Waals surface area contributed by atoms with E-state index in [4.69, 9.17) is 11.5 Å². The Labute approximate surface area is 77.5 Å². The summed E-state index contributed by atoms with van der Waals surface area (Å²) >= 11 is 0. The van der Waals surface area contributed by atoms with E-state index in [1.54, 1.807) is 13.0 Å². The van der Waals surface area contributed by atoms with Gasteiger partial charge in [-0.25, -0.2) is 4.79 Å². The Morgan fingerprint density at radius 1 is 1.38 bits per heavy atom. The number of rotatable bonds is 3. The molecular weight excluding hydrogens is 168 g/mol. The largest absolute Gasteiger partial charge is 0.465 e. The van der Waals surface area contributed by atoms with Crippen LogP contribution in [0.25, 0.3) is 0 Å². The maximum Gasteiger partial charge on any atom is 0.337 e. The average molecular weight is 182 g/mol. The van der Waals surface area contributed by atoms with E-state index in [0.29, 0.717) is 11.4 Å². The molecule has 0 aliphatic rings. The standard InChI is InChI=1S/C9H14N2O2/c1-4-7(10)8(11)5-6(2)9(12)13-3/h4-5H,2,10-11H2,1,3H3/b7-4+,8-5+. The smallest absolute Gasteiger partial charge is 0.337 e. The van der Waals surface area contributed by atoms with Crippen molar-refractivity contribution in [1.29, 1.82) is 0 Å². The van der Waals surface area contributed by atoms with Crippen molar-refractivity contribution in [2.45, 2.75) is 6.92 Å². The van der Waals surface area contributed by atoms with Crippen LogP contribution in [0.5, 0.6) is 0 Å². The fraction of sp³-hybridized carbons (Fsp3) is 0.222. The number of esters is 1. The maximum atomic E-state index is 10.9. The number of carbonyl (C=O) groups is 1. The number of nitrogens with two attached hydrogens (primary N) is 2. The van der Waals surface area contributed by atoms with Crippen LogP contribution in [0.15, 0.2) is 35.7 Å². The quantitative estimate of drug-likeness (QED) is 0.376. The summed E-state index contributed by atoms with van der Waals surface area (Å²) in [5.74, 6) is -0.521. The first-order valence-corrected chi connectivity index (χ1v) is 3.69. The Kier molecular flexibility index (Phi) is 4.37. The van der Waals surface area contributed by atoms with Gasteiger partial charge in [-0.1, -0.05) is 12.7 Å². The molecule has 0 heterocycles. The van der Waals surface area contributed by atoms with Crippen LogP contribution in [0.1, 0.15) is 6.92 Å². The molecule has 4 heteroatoms. The number of methoxy groups -OCH3 is 1. The lowest BCUT2D eigenvalue weighted by Gasteiger charge is -2.01. The molecule has 4 N–H and O–H groups in total. The lowest BCUT2D eigenvalue weighted by molar-refractivity contribution is -0.135. The summed E-state index contributed by atoms with van der Waals surface area (Å²) in [5.41, 5.74) is 11.9. The molecule has 0 atom stereocenters. The van der Waals surface area contributed by atoms with E-state index >= 15 is 0 Å². The highest BCUT2D eigenvalue weighted by molar-refractivity contribution is 5.90. The molecule has 0 aliphatic heterocycles. The fourth-order valence-corrected chi connectivity index (χ4v) is 0.628. The topological polar surface area (TPSA) is 78.3 Å². The fourth-order valence-electron chi connectivity index (χ4n) is 0.628. The molecule has 0 aromatic rings. The Bertz CT molecular complexity index is 277. The highest BCUT2D eigenvalue weighted by Gasteiger charge is 2.04. The summed E-state index contributed by atoms with van der Waals surface area (Å²) in [7, 11) is 1.27. The minimum absolute atomic E-state index is 0.171. The average Bonchev–Trinajstić information content (AvgIpc) is 2.14. The van der Waals surface area contributed by atoms with Crippen LogP contribution >= 0.6 is 0 Å². The van der Waals surface area contributed by atoms with Crippen molar-refractivity contribution in [1.82, 2.24) is 0 Å². The zero-order chi connectivity index (χ0) is 10.4. The molecule has 4 nitrogen and oxygen atoms in total. The summed E-state index contributed by atoms with van der Waals surface area (Å²) < 4.78 is 4.43. The van der Waals surface area contributed by atoms with E-state index in [0.717, 1.165) is 0 Å². The van der Waals surface area contributed by atoms with Gasteiger partial charge < -0.3 is 16.2 Å². The van der Waals surface area contributed by atoms with Crippen LogP contribution in [0.3, 0.4) is 0 Å². The van der Waals surface area contributed by atoms with Crippen LogP contribution in [0.4, 0.5) is 0 Å². The lowest BCUT2D eigenvalue weighted by atomic mass is 10.2. The maximum absolute atomic E-state index is 10.9. The normalized spacial score (nSPS) is 12.5. The molecule has 0 amide bonds. The van der Waals surface area contributed by atoms with Gasteiger partial charge in [0.25, 0.3) is 0 Å². The Morgan fingerprint density at radius 3 is 2.31 bits per heavy atom. The Hall–Kier alpha value is -1.71. The number of hydrogen-bond donors (Lipinski definition) is 2. The second-order valence-electron chi connectivity index (χ2n) is 2.36. The van der Waals surface area contributed by atoms with Gasteiger partial charge in [0.1, 0.15) is 0 Å². The van der Waals surface area contributed by atoms with Crippen LogP contribution in [0, 0.1) is 0 Å². The van der Waals surface area contributed by atoms with E-state index in [1.165, 1.54) is 13.2 Å². The minimum atomic E-state index is -0.521.